The van der Waals surface area contributed by atoms with Crippen LogP contribution in [0.4, 0.5) is 5.69 Å². The normalized spacial score (nSPS) is 10.3. The first-order chi connectivity index (χ1) is 9.49. The van der Waals surface area contributed by atoms with Crippen molar-refractivity contribution in [3.63, 3.8) is 0 Å². The predicted octanol–water partition coefficient (Wildman–Crippen LogP) is 4.13. The number of nitrogens with two attached hydrogens (primary N) is 1. The van der Waals surface area contributed by atoms with Gasteiger partial charge in [-0.25, -0.2) is 0 Å². The van der Waals surface area contributed by atoms with E-state index >= 15 is 0 Å². The summed E-state index contributed by atoms with van der Waals surface area (Å²) in [5, 5.41) is 7.69. The third-order valence-electron chi connectivity index (χ3n) is 3.03. The molecule has 0 aliphatic rings. The van der Waals surface area contributed by atoms with E-state index in [1.165, 1.54) is 5.56 Å². The molecule has 0 aliphatic heterocycles. The molecule has 0 saturated carbocycles. The van der Waals surface area contributed by atoms with Gasteiger partial charge in [-0.3, -0.25) is 5.41 Å². The zero-order valence-electron chi connectivity index (χ0n) is 11.0. The Morgan fingerprint density at radius 1 is 1.20 bits per heavy atom. The lowest BCUT2D eigenvalue weighted by Gasteiger charge is -2.23. The monoisotopic (exact) mass is 395 g/mol. The maximum atomic E-state index is 7.69. The third-order valence-corrected chi connectivity index (χ3v) is 4.29. The molecule has 0 aromatic heterocycles. The molecule has 104 valence electrons. The summed E-state index contributed by atoms with van der Waals surface area (Å²) in [4.78, 5) is 2.08. The number of nitrogens with zero attached hydrogens (tertiary/aromatic N) is 1. The summed E-state index contributed by atoms with van der Waals surface area (Å²) in [7, 11) is 1.99. The molecule has 0 aliphatic carbocycles. The minimum atomic E-state index is 0.0754. The number of halogens is 2. The number of rotatable bonds is 4. The number of benzene rings is 2. The van der Waals surface area contributed by atoms with E-state index in [9.17, 15) is 0 Å². The molecule has 20 heavy (non-hydrogen) atoms. The summed E-state index contributed by atoms with van der Waals surface area (Å²) in [5.41, 5.74) is 8.51. The average molecular weight is 397 g/mol. The fourth-order valence-electron chi connectivity index (χ4n) is 2.02. The molecule has 5 heteroatoms. The Bertz CT molecular complexity index is 641. The van der Waals surface area contributed by atoms with Gasteiger partial charge in [0.1, 0.15) is 5.84 Å². The summed E-state index contributed by atoms with van der Waals surface area (Å²) in [6.07, 6.45) is 0. The van der Waals surface area contributed by atoms with Gasteiger partial charge in [-0.05, 0) is 29.8 Å². The van der Waals surface area contributed by atoms with E-state index in [-0.39, 0.29) is 5.84 Å². The molecule has 2 aromatic carbocycles. The van der Waals surface area contributed by atoms with E-state index in [0.717, 1.165) is 26.7 Å². The van der Waals surface area contributed by atoms with Gasteiger partial charge < -0.3 is 10.6 Å². The fourth-order valence-corrected chi connectivity index (χ4v) is 2.77. The largest absolute Gasteiger partial charge is 0.384 e. The van der Waals surface area contributed by atoms with Gasteiger partial charge in [0, 0.05) is 33.8 Å². The zero-order chi connectivity index (χ0) is 14.7. The van der Waals surface area contributed by atoms with Gasteiger partial charge in [0.2, 0.25) is 0 Å². The summed E-state index contributed by atoms with van der Waals surface area (Å²) in [5.74, 6) is 0.0754. The van der Waals surface area contributed by atoms with Crippen LogP contribution in [0.5, 0.6) is 0 Å². The lowest BCUT2D eigenvalue weighted by atomic mass is 10.1. The number of amidine groups is 1. The smallest absolute Gasteiger partial charge is 0.124 e. The highest BCUT2D eigenvalue weighted by atomic mass is 79.9. The van der Waals surface area contributed by atoms with Crippen LogP contribution >= 0.6 is 31.9 Å². The second-order valence-corrected chi connectivity index (χ2v) is 6.29. The average Bonchev–Trinajstić information content (AvgIpc) is 2.40. The predicted molar refractivity (Wildman–Crippen MR) is 91.4 cm³/mol. The lowest BCUT2D eigenvalue weighted by Crippen LogP contribution is -2.22. The molecule has 0 radical (unpaired) electrons. The highest BCUT2D eigenvalue weighted by Crippen LogP contribution is 2.27. The van der Waals surface area contributed by atoms with Crippen molar-refractivity contribution in [2.24, 2.45) is 5.73 Å². The number of nitrogen functional groups attached to an aromatic ring is 1. The number of anilines is 1. The molecule has 3 N–H and O–H groups in total. The van der Waals surface area contributed by atoms with Gasteiger partial charge in [-0.2, -0.15) is 0 Å². The summed E-state index contributed by atoms with van der Waals surface area (Å²) < 4.78 is 2.04. The van der Waals surface area contributed by atoms with E-state index < -0.39 is 0 Å². The van der Waals surface area contributed by atoms with Crippen LogP contribution in [0.1, 0.15) is 11.1 Å². The summed E-state index contributed by atoms with van der Waals surface area (Å²) in [6.45, 7) is 0.734. The molecule has 0 amide bonds. The van der Waals surface area contributed by atoms with Crippen molar-refractivity contribution in [3.05, 3.63) is 62.5 Å². The first-order valence-electron chi connectivity index (χ1n) is 6.07. The number of hydrogen-bond acceptors (Lipinski definition) is 2. The Morgan fingerprint density at radius 2 is 1.90 bits per heavy atom. The number of hydrogen-bond donors (Lipinski definition) is 2. The zero-order valence-corrected chi connectivity index (χ0v) is 14.2. The first kappa shape index (κ1) is 15.1. The van der Waals surface area contributed by atoms with Crippen LogP contribution in [0.15, 0.2) is 51.4 Å². The van der Waals surface area contributed by atoms with Crippen LogP contribution in [0.2, 0.25) is 0 Å². The van der Waals surface area contributed by atoms with Crippen molar-refractivity contribution in [1.29, 1.82) is 5.41 Å². The summed E-state index contributed by atoms with van der Waals surface area (Å²) >= 11 is 7.02. The van der Waals surface area contributed by atoms with Gasteiger partial charge in [-0.1, -0.05) is 50.1 Å². The van der Waals surface area contributed by atoms with Gasteiger partial charge in [0.15, 0.2) is 0 Å². The van der Waals surface area contributed by atoms with Crippen molar-refractivity contribution >= 4 is 43.4 Å². The Labute approximate surface area is 135 Å². The fraction of sp³-hybridized carbons (Fsp3) is 0.133. The Hall–Kier alpha value is -1.33. The first-order valence-corrected chi connectivity index (χ1v) is 7.66. The molecule has 2 aromatic rings. The van der Waals surface area contributed by atoms with Crippen molar-refractivity contribution in [1.82, 2.24) is 0 Å². The minimum absolute atomic E-state index is 0.0754. The maximum Gasteiger partial charge on any atom is 0.124 e. The van der Waals surface area contributed by atoms with Crippen LogP contribution in [0.3, 0.4) is 0 Å². The minimum Gasteiger partial charge on any atom is -0.384 e. The molecular formula is C15H15Br2N3. The molecular weight excluding hydrogens is 382 g/mol. The van der Waals surface area contributed by atoms with Crippen molar-refractivity contribution in [2.45, 2.75) is 6.54 Å². The Balaban J connectivity index is 2.34. The maximum absolute atomic E-state index is 7.69. The number of nitrogens with one attached hydrogen (secondary N) is 1. The van der Waals surface area contributed by atoms with E-state index in [1.54, 1.807) is 0 Å². The molecule has 0 saturated heterocycles. The van der Waals surface area contributed by atoms with E-state index in [2.05, 4.69) is 42.8 Å². The van der Waals surface area contributed by atoms with Gasteiger partial charge in [0.25, 0.3) is 0 Å². The second kappa shape index (κ2) is 6.41. The van der Waals surface area contributed by atoms with E-state index in [1.807, 2.05) is 43.4 Å². The quantitative estimate of drug-likeness (QED) is 0.602. The topological polar surface area (TPSA) is 53.1 Å². The molecule has 0 unspecified atom stereocenters. The van der Waals surface area contributed by atoms with Crippen molar-refractivity contribution < 1.29 is 0 Å². The van der Waals surface area contributed by atoms with Crippen LogP contribution in [-0.2, 0) is 6.54 Å². The van der Waals surface area contributed by atoms with Crippen molar-refractivity contribution in [2.75, 3.05) is 11.9 Å². The molecule has 0 bridgehead atoms. The van der Waals surface area contributed by atoms with Gasteiger partial charge in [-0.15, -0.1) is 0 Å². The van der Waals surface area contributed by atoms with Gasteiger partial charge >= 0.3 is 0 Å². The van der Waals surface area contributed by atoms with Crippen LogP contribution < -0.4 is 10.6 Å². The summed E-state index contributed by atoms with van der Waals surface area (Å²) in [6, 6.07) is 13.8. The Kier molecular flexibility index (Phi) is 4.83. The standard InChI is InChI=1S/C15H15Br2N3/c1-20(9-10-4-2-3-5-13(10)17)14-8-11(16)6-7-12(14)15(18)19/h2-8H,9H2,1H3,(H3,18,19). The highest BCUT2D eigenvalue weighted by molar-refractivity contribution is 9.10. The van der Waals surface area contributed by atoms with Crippen LogP contribution in [0, 0.1) is 5.41 Å². The third kappa shape index (κ3) is 3.41. The second-order valence-electron chi connectivity index (χ2n) is 4.52. The lowest BCUT2D eigenvalue weighted by molar-refractivity contribution is 0.916. The molecule has 0 atom stereocenters. The van der Waals surface area contributed by atoms with Gasteiger partial charge in [0.05, 0.1) is 0 Å². The van der Waals surface area contributed by atoms with Crippen molar-refractivity contribution in [3.8, 4) is 0 Å². The Morgan fingerprint density at radius 3 is 2.55 bits per heavy atom. The molecule has 2 rings (SSSR count). The van der Waals surface area contributed by atoms with Crippen LogP contribution in [0.25, 0.3) is 0 Å². The van der Waals surface area contributed by atoms with E-state index in [4.69, 9.17) is 11.1 Å². The molecule has 0 heterocycles. The van der Waals surface area contributed by atoms with E-state index in [0.29, 0.717) is 0 Å². The van der Waals surface area contributed by atoms with Crippen LogP contribution in [-0.4, -0.2) is 12.9 Å². The molecule has 3 nitrogen and oxygen atoms in total. The molecule has 0 fully saturated rings. The highest BCUT2D eigenvalue weighted by Gasteiger charge is 2.12. The SMILES string of the molecule is CN(Cc1ccccc1Br)c1cc(Br)ccc1C(=N)N. The molecule has 0 spiro atoms.